The van der Waals surface area contributed by atoms with E-state index in [0.29, 0.717) is 22.3 Å². The number of benzene rings is 2. The van der Waals surface area contributed by atoms with E-state index in [0.717, 1.165) is 11.1 Å². The molecule has 0 amide bonds. The second-order valence-corrected chi connectivity index (χ2v) is 11.6. The maximum absolute atomic E-state index is 12.1. The van der Waals surface area contributed by atoms with Crippen LogP contribution in [0.2, 0.25) is 0 Å². The van der Waals surface area contributed by atoms with Crippen LogP contribution in [0.25, 0.3) is 11.1 Å². The first kappa shape index (κ1) is 33.4. The molecule has 0 bridgehead atoms. The predicted molar refractivity (Wildman–Crippen MR) is 157 cm³/mol. The van der Waals surface area contributed by atoms with E-state index in [1.54, 1.807) is 36.4 Å². The first-order valence-corrected chi connectivity index (χ1v) is 14.8. The Hall–Kier alpha value is -2.92. The van der Waals surface area contributed by atoms with Crippen molar-refractivity contribution in [1.82, 2.24) is 0 Å². The molecule has 2 heterocycles. The van der Waals surface area contributed by atoms with Gasteiger partial charge >= 0.3 is 0 Å². The van der Waals surface area contributed by atoms with Gasteiger partial charge in [0.05, 0.1) is 12.7 Å². The maximum atomic E-state index is 12.1. The lowest BCUT2D eigenvalue weighted by Gasteiger charge is -2.38. The van der Waals surface area contributed by atoms with Crippen LogP contribution in [0.3, 0.4) is 0 Å². The summed E-state index contributed by atoms with van der Waals surface area (Å²) in [6.07, 6.45) is -12.8. The largest absolute Gasteiger partial charge is 0.396 e. The van der Waals surface area contributed by atoms with Gasteiger partial charge in [0.2, 0.25) is 0 Å². The van der Waals surface area contributed by atoms with Gasteiger partial charge in [-0.1, -0.05) is 35.8 Å². The van der Waals surface area contributed by atoms with Gasteiger partial charge in [0.1, 0.15) is 60.5 Å². The summed E-state index contributed by atoms with van der Waals surface area (Å²) in [6.45, 7) is -1.03. The highest BCUT2D eigenvalue weighted by molar-refractivity contribution is 5.81. The number of aliphatic hydroxyl groups is 10. The highest BCUT2D eigenvalue weighted by Crippen LogP contribution is 2.50. The molecule has 242 valence electrons. The Morgan fingerprint density at radius 3 is 1.58 bits per heavy atom. The molecule has 1 unspecified atom stereocenters. The van der Waals surface area contributed by atoms with E-state index < -0.39 is 73.2 Å². The van der Waals surface area contributed by atoms with Crippen molar-refractivity contribution in [3.05, 3.63) is 58.7 Å². The van der Waals surface area contributed by atoms with Crippen LogP contribution in [0, 0.1) is 23.7 Å². The minimum absolute atomic E-state index is 0.0486. The molecule has 0 radical (unpaired) electrons. The topological polar surface area (TPSA) is 221 Å². The fourth-order valence-corrected chi connectivity index (χ4v) is 6.11. The smallest absolute Gasteiger partial charge is 0.147 e. The van der Waals surface area contributed by atoms with Crippen LogP contribution >= 0.6 is 0 Å². The van der Waals surface area contributed by atoms with Crippen LogP contribution in [0.4, 0.5) is 0 Å². The zero-order valence-electron chi connectivity index (χ0n) is 24.3. The number of hydrogen-bond acceptors (Lipinski definition) is 12. The van der Waals surface area contributed by atoms with Gasteiger partial charge in [0.15, 0.2) is 0 Å². The molecular weight excluding hydrogens is 588 g/mol. The van der Waals surface area contributed by atoms with E-state index >= 15 is 0 Å². The minimum Gasteiger partial charge on any atom is -0.396 e. The predicted octanol–water partition coefficient (Wildman–Crippen LogP) is -2.55. The van der Waals surface area contributed by atoms with Crippen LogP contribution in [0.5, 0.6) is 0 Å². The van der Waals surface area contributed by atoms with Gasteiger partial charge in [0.25, 0.3) is 0 Å². The summed E-state index contributed by atoms with van der Waals surface area (Å²) in [5, 5.41) is 102. The van der Waals surface area contributed by atoms with Crippen LogP contribution in [0.1, 0.15) is 41.5 Å². The molecule has 12 nitrogen and oxygen atoms in total. The lowest BCUT2D eigenvalue weighted by Crippen LogP contribution is -2.58. The third-order valence-corrected chi connectivity index (χ3v) is 8.65. The summed E-state index contributed by atoms with van der Waals surface area (Å²) in [6, 6.07) is 10.4. The Bertz CT molecular complexity index is 1490. The monoisotopic (exact) mass is 626 g/mol. The molecule has 0 aromatic heterocycles. The normalized spacial score (nSPS) is 35.4. The van der Waals surface area contributed by atoms with Gasteiger partial charge in [-0.05, 0) is 65.8 Å². The lowest BCUT2D eigenvalue weighted by molar-refractivity contribution is -0.214. The third-order valence-electron chi connectivity index (χ3n) is 8.65. The molecule has 2 aromatic carbocycles. The zero-order valence-corrected chi connectivity index (χ0v) is 24.3. The van der Waals surface area contributed by atoms with Crippen LogP contribution < -0.4 is 0 Å². The highest BCUT2D eigenvalue weighted by atomic mass is 16.5. The van der Waals surface area contributed by atoms with E-state index in [4.69, 9.17) is 9.47 Å². The molecule has 2 fully saturated rings. The summed E-state index contributed by atoms with van der Waals surface area (Å²) in [7, 11) is 0. The molecule has 3 aliphatic rings. The van der Waals surface area contributed by atoms with Gasteiger partial charge in [0, 0.05) is 24.3 Å². The van der Waals surface area contributed by atoms with Gasteiger partial charge in [-0.2, -0.15) is 0 Å². The first-order valence-electron chi connectivity index (χ1n) is 14.8. The second kappa shape index (κ2) is 13.8. The molecule has 2 aromatic rings. The van der Waals surface area contributed by atoms with Gasteiger partial charge in [-0.15, -0.1) is 0 Å². The Labute approximate surface area is 259 Å². The Balaban J connectivity index is 1.44. The number of ether oxygens (including phenoxy) is 2. The Morgan fingerprint density at radius 1 is 0.622 bits per heavy atom. The minimum atomic E-state index is -1.56. The zero-order chi connectivity index (χ0) is 32.5. The van der Waals surface area contributed by atoms with Gasteiger partial charge < -0.3 is 60.5 Å². The van der Waals surface area contributed by atoms with Crippen molar-refractivity contribution in [1.29, 1.82) is 0 Å². The van der Waals surface area contributed by atoms with E-state index in [-0.39, 0.29) is 32.5 Å². The Kier molecular flexibility index (Phi) is 10.3. The van der Waals surface area contributed by atoms with E-state index in [2.05, 4.69) is 23.7 Å². The number of fused-ring (bicyclic) bond motifs is 3. The molecule has 12 heteroatoms. The fourth-order valence-electron chi connectivity index (χ4n) is 6.11. The van der Waals surface area contributed by atoms with Crippen LogP contribution in [-0.2, 0) is 15.1 Å². The molecule has 10 N–H and O–H groups in total. The lowest BCUT2D eigenvalue weighted by atomic mass is 9.86. The number of aliphatic hydroxyl groups excluding tert-OH is 9. The van der Waals surface area contributed by atoms with E-state index in [1.807, 2.05) is 0 Å². The number of hydrogen-bond donors (Lipinski definition) is 10. The van der Waals surface area contributed by atoms with Crippen molar-refractivity contribution in [2.75, 3.05) is 19.8 Å². The van der Waals surface area contributed by atoms with Crippen molar-refractivity contribution >= 4 is 0 Å². The average molecular weight is 627 g/mol. The summed E-state index contributed by atoms with van der Waals surface area (Å²) in [5.74, 6) is 11.3. The van der Waals surface area contributed by atoms with Crippen molar-refractivity contribution in [3.63, 3.8) is 0 Å². The SMILES string of the molecule is OCCCC1(O)c2cc(C#C[C@H]3O[C@H](CO)[C@@H](O)[C@H](O)[C@@H]3O)ccc2-c2ccc(C#C[C@H]3O[C@H](CCO)[C@@H](O)[C@H](O)[C@@H]3O)cc21. The Morgan fingerprint density at radius 2 is 1.11 bits per heavy atom. The van der Waals surface area contributed by atoms with Crippen molar-refractivity contribution in [2.45, 2.75) is 85.9 Å². The molecular formula is C33H38O12. The molecule has 2 saturated heterocycles. The van der Waals surface area contributed by atoms with Crippen LogP contribution in [0.15, 0.2) is 36.4 Å². The maximum Gasteiger partial charge on any atom is 0.147 e. The summed E-state index contributed by atoms with van der Waals surface area (Å²) in [4.78, 5) is 0. The quantitative estimate of drug-likeness (QED) is 0.150. The molecule has 0 spiro atoms. The van der Waals surface area contributed by atoms with Crippen molar-refractivity contribution in [2.24, 2.45) is 0 Å². The third kappa shape index (κ3) is 6.39. The molecule has 5 rings (SSSR count). The molecule has 45 heavy (non-hydrogen) atoms. The van der Waals surface area contributed by atoms with Gasteiger partial charge in [-0.25, -0.2) is 0 Å². The van der Waals surface area contributed by atoms with Crippen molar-refractivity contribution < 1.29 is 60.5 Å². The van der Waals surface area contributed by atoms with E-state index in [9.17, 15) is 51.1 Å². The molecule has 11 atom stereocenters. The first-order chi connectivity index (χ1) is 21.5. The van der Waals surface area contributed by atoms with E-state index in [1.165, 1.54) is 0 Å². The highest BCUT2D eigenvalue weighted by Gasteiger charge is 2.44. The summed E-state index contributed by atoms with van der Waals surface area (Å²) in [5.41, 5.74) is 1.95. The average Bonchev–Trinajstić information content (AvgIpc) is 3.29. The van der Waals surface area contributed by atoms with Crippen molar-refractivity contribution in [3.8, 4) is 34.8 Å². The second-order valence-electron chi connectivity index (χ2n) is 11.6. The summed E-state index contributed by atoms with van der Waals surface area (Å²) < 4.78 is 11.1. The standard InChI is InChI=1S/C33H38O12/c34-12-1-11-33(43)21-14-17(4-8-23-27(37)31(41)29(39)25(44-23)10-13-35)2-6-19(21)20-7-3-18(15-22(20)33)5-9-24-28(38)32(42)30(40)26(16-36)45-24/h2-3,6-7,14-15,23-32,34-43H,1,10-13,16H2/t23-,24-,25-,26-,27-,28-,29-,30-,31-,32-,33?/m1/s1. The molecule has 2 aliphatic heterocycles. The van der Waals surface area contributed by atoms with Gasteiger partial charge in [-0.3, -0.25) is 0 Å². The summed E-state index contributed by atoms with van der Waals surface area (Å²) >= 11 is 0. The molecule has 0 saturated carbocycles. The van der Waals surface area contributed by atoms with Crippen LogP contribution in [-0.4, -0.2) is 132 Å². The molecule has 1 aliphatic carbocycles. The fraction of sp³-hybridized carbons (Fsp3) is 0.515. The number of rotatable bonds is 6.